The molecule has 2 amide bonds. The summed E-state index contributed by atoms with van der Waals surface area (Å²) in [6.45, 7) is 1.48. The van der Waals surface area contributed by atoms with Gasteiger partial charge in [-0.15, -0.1) is 5.53 Å². The summed E-state index contributed by atoms with van der Waals surface area (Å²) in [4.78, 5) is 31.0. The molecule has 0 spiro atoms. The highest BCUT2D eigenvalue weighted by Gasteiger charge is 2.32. The van der Waals surface area contributed by atoms with E-state index in [4.69, 9.17) is 0 Å². The van der Waals surface area contributed by atoms with Crippen LogP contribution in [-0.4, -0.2) is 39.5 Å². The van der Waals surface area contributed by atoms with Gasteiger partial charge in [0.1, 0.15) is 6.33 Å². The second-order valence-electron chi connectivity index (χ2n) is 5.50. The van der Waals surface area contributed by atoms with Crippen LogP contribution in [0.2, 0.25) is 0 Å². The zero-order valence-corrected chi connectivity index (χ0v) is 12.4. The average molecular weight is 312 g/mol. The van der Waals surface area contributed by atoms with E-state index in [2.05, 4.69) is 15.9 Å². The number of para-hydroxylation sites is 1. The van der Waals surface area contributed by atoms with Crippen LogP contribution >= 0.6 is 0 Å². The first-order chi connectivity index (χ1) is 11.3. The van der Waals surface area contributed by atoms with E-state index in [9.17, 15) is 9.59 Å². The third kappa shape index (κ3) is 2.23. The standard InChI is InChI=1S/C15H16N6O2/c22-14(19-8-4-5-9-19)12-13-17-18-21(11-6-2-1-3-7-11)15(23)20(13)10-16-12/h1-3,6-7,10,17-18H,4-5,8-9H2. The fourth-order valence-electron chi connectivity index (χ4n) is 2.86. The number of fused-ring (bicyclic) bond motifs is 1. The van der Waals surface area contributed by atoms with Gasteiger partial charge in [-0.1, -0.05) is 18.2 Å². The number of imidazole rings is 1. The van der Waals surface area contributed by atoms with Crippen LogP contribution in [0.4, 0.5) is 16.3 Å². The molecule has 8 nitrogen and oxygen atoms in total. The second kappa shape index (κ2) is 5.40. The van der Waals surface area contributed by atoms with Gasteiger partial charge in [0.2, 0.25) is 0 Å². The molecule has 2 aromatic rings. The highest BCUT2D eigenvalue weighted by molar-refractivity contribution is 6.02. The molecule has 2 aliphatic rings. The summed E-state index contributed by atoms with van der Waals surface area (Å²) < 4.78 is 1.34. The number of carbonyl (C=O) groups excluding carboxylic acids is 2. The van der Waals surface area contributed by atoms with Gasteiger partial charge in [-0.25, -0.2) is 19.4 Å². The molecular formula is C15H16N6O2. The van der Waals surface area contributed by atoms with Gasteiger partial charge in [0.25, 0.3) is 5.91 Å². The summed E-state index contributed by atoms with van der Waals surface area (Å²) in [6, 6.07) is 8.86. The molecule has 3 heterocycles. The van der Waals surface area contributed by atoms with Crippen LogP contribution in [0.3, 0.4) is 0 Å². The molecule has 2 aliphatic heterocycles. The Hall–Kier alpha value is -2.87. The van der Waals surface area contributed by atoms with Crippen molar-refractivity contribution in [2.24, 2.45) is 0 Å². The average Bonchev–Trinajstić information content (AvgIpc) is 3.25. The first-order valence-electron chi connectivity index (χ1n) is 7.53. The fourth-order valence-corrected chi connectivity index (χ4v) is 2.86. The molecule has 1 aromatic heterocycles. The SMILES string of the molecule is O=C(c1ncn2c1NNN(c1ccccc1)C2=O)N1CCCC1. The molecule has 118 valence electrons. The van der Waals surface area contributed by atoms with E-state index < -0.39 is 0 Å². The molecule has 1 aromatic carbocycles. The van der Waals surface area contributed by atoms with Crippen LogP contribution in [0.5, 0.6) is 0 Å². The molecule has 0 bridgehead atoms. The molecule has 0 atom stereocenters. The number of likely N-dealkylation sites (tertiary alicyclic amines) is 1. The van der Waals surface area contributed by atoms with Crippen LogP contribution in [0.1, 0.15) is 23.3 Å². The molecule has 1 saturated heterocycles. The summed E-state index contributed by atoms with van der Waals surface area (Å²) in [5.74, 6) is 0.227. The maximum atomic E-state index is 12.6. The lowest BCUT2D eigenvalue weighted by Crippen LogP contribution is -2.53. The molecule has 0 radical (unpaired) electrons. The molecular weight excluding hydrogens is 296 g/mol. The van der Waals surface area contributed by atoms with Crippen LogP contribution in [0.15, 0.2) is 36.7 Å². The predicted molar refractivity (Wildman–Crippen MR) is 83.8 cm³/mol. The van der Waals surface area contributed by atoms with E-state index >= 15 is 0 Å². The van der Waals surface area contributed by atoms with E-state index in [1.165, 1.54) is 15.9 Å². The normalized spacial score (nSPS) is 17.1. The van der Waals surface area contributed by atoms with E-state index in [0.717, 1.165) is 25.9 Å². The maximum Gasteiger partial charge on any atom is 0.351 e. The first-order valence-corrected chi connectivity index (χ1v) is 7.53. The maximum absolute atomic E-state index is 12.6. The van der Waals surface area contributed by atoms with Crippen molar-refractivity contribution in [3.05, 3.63) is 42.4 Å². The predicted octanol–water partition coefficient (Wildman–Crippen LogP) is 1.44. The van der Waals surface area contributed by atoms with Gasteiger partial charge in [-0.05, 0) is 25.0 Å². The molecule has 23 heavy (non-hydrogen) atoms. The largest absolute Gasteiger partial charge is 0.351 e. The number of hydrogen-bond donors (Lipinski definition) is 2. The Morgan fingerprint density at radius 3 is 2.61 bits per heavy atom. The van der Waals surface area contributed by atoms with Gasteiger partial charge in [0.15, 0.2) is 11.5 Å². The molecule has 1 fully saturated rings. The van der Waals surface area contributed by atoms with Gasteiger partial charge < -0.3 is 4.90 Å². The summed E-state index contributed by atoms with van der Waals surface area (Å²) >= 11 is 0. The Kier molecular flexibility index (Phi) is 3.23. The minimum absolute atomic E-state index is 0.147. The Balaban J connectivity index is 1.63. The van der Waals surface area contributed by atoms with Crippen molar-refractivity contribution < 1.29 is 9.59 Å². The van der Waals surface area contributed by atoms with Gasteiger partial charge >= 0.3 is 6.03 Å². The van der Waals surface area contributed by atoms with Crippen LogP contribution in [0, 0.1) is 0 Å². The number of aromatic nitrogens is 2. The van der Waals surface area contributed by atoms with Crippen LogP contribution in [-0.2, 0) is 0 Å². The summed E-state index contributed by atoms with van der Waals surface area (Å²) in [5, 5.41) is 1.36. The molecule has 4 rings (SSSR count). The van der Waals surface area contributed by atoms with Crippen molar-refractivity contribution in [2.75, 3.05) is 23.5 Å². The van der Waals surface area contributed by atoms with Gasteiger partial charge in [-0.3, -0.25) is 10.2 Å². The smallest absolute Gasteiger partial charge is 0.337 e. The second-order valence-corrected chi connectivity index (χ2v) is 5.50. The summed E-state index contributed by atoms with van der Waals surface area (Å²) in [7, 11) is 0. The summed E-state index contributed by atoms with van der Waals surface area (Å²) in [5.41, 5.74) is 6.67. The lowest BCUT2D eigenvalue weighted by Gasteiger charge is -2.29. The highest BCUT2D eigenvalue weighted by Crippen LogP contribution is 2.23. The molecule has 0 aliphatic carbocycles. The third-order valence-electron chi connectivity index (χ3n) is 4.06. The molecule has 0 unspecified atom stereocenters. The number of hydrogen-bond acceptors (Lipinski definition) is 5. The number of amides is 2. The highest BCUT2D eigenvalue weighted by atomic mass is 16.2. The third-order valence-corrected chi connectivity index (χ3v) is 4.06. The molecule has 2 N–H and O–H groups in total. The minimum Gasteiger partial charge on any atom is -0.337 e. The van der Waals surface area contributed by atoms with Crippen molar-refractivity contribution in [3.63, 3.8) is 0 Å². The van der Waals surface area contributed by atoms with E-state index in [0.29, 0.717) is 11.5 Å². The van der Waals surface area contributed by atoms with Crippen molar-refractivity contribution in [2.45, 2.75) is 12.8 Å². The van der Waals surface area contributed by atoms with Gasteiger partial charge in [0, 0.05) is 13.1 Å². The van der Waals surface area contributed by atoms with E-state index in [1.54, 1.807) is 4.90 Å². The van der Waals surface area contributed by atoms with Crippen molar-refractivity contribution in [3.8, 4) is 0 Å². The zero-order valence-electron chi connectivity index (χ0n) is 12.4. The minimum atomic E-state index is -0.321. The Morgan fingerprint density at radius 2 is 1.87 bits per heavy atom. The van der Waals surface area contributed by atoms with E-state index in [-0.39, 0.29) is 17.6 Å². The molecule has 0 saturated carbocycles. The van der Waals surface area contributed by atoms with Crippen LogP contribution < -0.4 is 16.0 Å². The number of benzene rings is 1. The number of hydrazine groups is 2. The van der Waals surface area contributed by atoms with Crippen LogP contribution in [0.25, 0.3) is 0 Å². The van der Waals surface area contributed by atoms with Gasteiger partial charge in [0.05, 0.1) is 5.69 Å². The van der Waals surface area contributed by atoms with E-state index in [1.807, 2.05) is 30.3 Å². The lowest BCUT2D eigenvalue weighted by atomic mass is 10.3. The number of nitrogens with one attached hydrogen (secondary N) is 2. The van der Waals surface area contributed by atoms with Crippen molar-refractivity contribution in [1.82, 2.24) is 20.0 Å². The Labute approximate surface area is 132 Å². The monoisotopic (exact) mass is 312 g/mol. The topological polar surface area (TPSA) is 82.5 Å². The Morgan fingerprint density at radius 1 is 1.13 bits per heavy atom. The molecule has 8 heteroatoms. The zero-order chi connectivity index (χ0) is 15.8. The number of rotatable bonds is 2. The van der Waals surface area contributed by atoms with Crippen molar-refractivity contribution >= 4 is 23.4 Å². The van der Waals surface area contributed by atoms with Crippen molar-refractivity contribution in [1.29, 1.82) is 0 Å². The quantitative estimate of drug-likeness (QED) is 0.877. The number of carbonyl (C=O) groups is 2. The first kappa shape index (κ1) is 13.8. The number of nitrogens with zero attached hydrogens (tertiary/aromatic N) is 4. The Bertz CT molecular complexity index is 751. The number of anilines is 2. The van der Waals surface area contributed by atoms with Gasteiger partial charge in [-0.2, -0.15) is 0 Å². The summed E-state index contributed by atoms with van der Waals surface area (Å²) in [6.07, 6.45) is 3.40. The fraction of sp³-hybridized carbons (Fsp3) is 0.267. The lowest BCUT2D eigenvalue weighted by molar-refractivity contribution is 0.0788.